The van der Waals surface area contributed by atoms with Gasteiger partial charge in [-0.15, -0.1) is 0 Å². The smallest absolute Gasteiger partial charge is 0.131 e. The van der Waals surface area contributed by atoms with Crippen LogP contribution < -0.4 is 0 Å². The normalized spacial score (nSPS) is 12.1. The summed E-state index contributed by atoms with van der Waals surface area (Å²) >= 11 is 3.44. The average molecular weight is 231 g/mol. The number of nitrogens with zero attached hydrogens (tertiary/aromatic N) is 2. The summed E-state index contributed by atoms with van der Waals surface area (Å²) < 4.78 is 2.97. The van der Waals surface area contributed by atoms with E-state index in [9.17, 15) is 0 Å². The van der Waals surface area contributed by atoms with E-state index in [1.807, 2.05) is 4.68 Å². The van der Waals surface area contributed by atoms with E-state index in [1.54, 1.807) is 0 Å². The summed E-state index contributed by atoms with van der Waals surface area (Å²) in [6.07, 6.45) is 3.13. The maximum Gasteiger partial charge on any atom is 0.131 e. The molecule has 68 valence electrons. The molecule has 0 aliphatic heterocycles. The number of hydrogen-bond acceptors (Lipinski definition) is 1. The van der Waals surface area contributed by atoms with Gasteiger partial charge in [-0.3, -0.25) is 4.68 Å². The van der Waals surface area contributed by atoms with Gasteiger partial charge in [-0.05, 0) is 43.1 Å². The molecular formula is C9H15BrN2. The van der Waals surface area contributed by atoms with E-state index in [0.717, 1.165) is 11.0 Å². The minimum Gasteiger partial charge on any atom is -0.266 e. The van der Waals surface area contributed by atoms with E-state index in [0.29, 0.717) is 0 Å². The number of rotatable bonds is 1. The van der Waals surface area contributed by atoms with Crippen LogP contribution in [0.5, 0.6) is 0 Å². The Hall–Kier alpha value is -0.310. The lowest BCUT2D eigenvalue weighted by atomic mass is 10.1. The molecule has 0 aromatic carbocycles. The molecule has 12 heavy (non-hydrogen) atoms. The summed E-state index contributed by atoms with van der Waals surface area (Å²) in [5.74, 6) is 0. The predicted octanol–water partition coefficient (Wildman–Crippen LogP) is 2.96. The van der Waals surface area contributed by atoms with E-state index in [1.165, 1.54) is 5.56 Å². The minimum absolute atomic E-state index is 0.0793. The fraction of sp³-hybridized carbons (Fsp3) is 0.667. The van der Waals surface area contributed by atoms with Gasteiger partial charge in [-0.25, -0.2) is 0 Å². The zero-order chi connectivity index (χ0) is 9.35. The van der Waals surface area contributed by atoms with Crippen molar-refractivity contribution in [3.63, 3.8) is 0 Å². The van der Waals surface area contributed by atoms with Crippen LogP contribution in [-0.4, -0.2) is 9.78 Å². The van der Waals surface area contributed by atoms with Crippen LogP contribution in [0, 0.1) is 0 Å². The minimum atomic E-state index is 0.0793. The van der Waals surface area contributed by atoms with Crippen molar-refractivity contribution in [2.45, 2.75) is 39.7 Å². The first-order chi connectivity index (χ1) is 5.45. The summed E-state index contributed by atoms with van der Waals surface area (Å²) in [6.45, 7) is 8.57. The Morgan fingerprint density at radius 2 is 2.08 bits per heavy atom. The SMILES string of the molecule is CCc1cn(C(C)(C)C)nc1Br. The van der Waals surface area contributed by atoms with Crippen molar-refractivity contribution in [1.82, 2.24) is 9.78 Å². The van der Waals surface area contributed by atoms with Gasteiger partial charge in [-0.2, -0.15) is 5.10 Å². The third kappa shape index (κ3) is 1.89. The zero-order valence-electron chi connectivity index (χ0n) is 8.06. The molecule has 0 radical (unpaired) electrons. The van der Waals surface area contributed by atoms with Gasteiger partial charge in [-0.1, -0.05) is 6.92 Å². The second-order valence-electron chi connectivity index (χ2n) is 3.91. The van der Waals surface area contributed by atoms with Crippen molar-refractivity contribution in [1.29, 1.82) is 0 Å². The Kier molecular flexibility index (Phi) is 2.61. The lowest BCUT2D eigenvalue weighted by Gasteiger charge is -2.18. The molecule has 1 aromatic heterocycles. The van der Waals surface area contributed by atoms with Crippen LogP contribution in [0.15, 0.2) is 10.8 Å². The Bertz CT molecular complexity index is 271. The van der Waals surface area contributed by atoms with E-state index in [2.05, 4.69) is 54.9 Å². The van der Waals surface area contributed by atoms with Gasteiger partial charge in [0.2, 0.25) is 0 Å². The van der Waals surface area contributed by atoms with Crippen LogP contribution in [0.1, 0.15) is 33.3 Å². The molecule has 0 aliphatic rings. The van der Waals surface area contributed by atoms with E-state index < -0.39 is 0 Å². The van der Waals surface area contributed by atoms with Crippen LogP contribution in [0.2, 0.25) is 0 Å². The van der Waals surface area contributed by atoms with Crippen molar-refractivity contribution in [3.05, 3.63) is 16.4 Å². The molecule has 0 unspecified atom stereocenters. The Morgan fingerprint density at radius 3 is 2.33 bits per heavy atom. The van der Waals surface area contributed by atoms with E-state index in [-0.39, 0.29) is 5.54 Å². The highest BCUT2D eigenvalue weighted by Crippen LogP contribution is 2.20. The molecule has 0 saturated carbocycles. The molecule has 0 aliphatic carbocycles. The third-order valence-corrected chi connectivity index (χ3v) is 2.47. The molecule has 0 bridgehead atoms. The van der Waals surface area contributed by atoms with Crippen LogP contribution >= 0.6 is 15.9 Å². The van der Waals surface area contributed by atoms with Gasteiger partial charge in [0.15, 0.2) is 0 Å². The number of halogens is 1. The van der Waals surface area contributed by atoms with Crippen molar-refractivity contribution < 1.29 is 0 Å². The molecule has 1 aromatic rings. The van der Waals surface area contributed by atoms with Gasteiger partial charge in [0.1, 0.15) is 4.60 Å². The molecule has 3 heteroatoms. The molecule has 1 rings (SSSR count). The van der Waals surface area contributed by atoms with Gasteiger partial charge in [0.25, 0.3) is 0 Å². The highest BCUT2D eigenvalue weighted by Gasteiger charge is 2.15. The van der Waals surface area contributed by atoms with Gasteiger partial charge < -0.3 is 0 Å². The molecule has 0 spiro atoms. The first-order valence-corrected chi connectivity index (χ1v) is 4.99. The van der Waals surface area contributed by atoms with Crippen LogP contribution in [0.3, 0.4) is 0 Å². The van der Waals surface area contributed by atoms with E-state index in [4.69, 9.17) is 0 Å². The second kappa shape index (κ2) is 3.21. The first-order valence-electron chi connectivity index (χ1n) is 4.19. The van der Waals surface area contributed by atoms with Crippen molar-refractivity contribution in [2.75, 3.05) is 0 Å². The third-order valence-electron chi connectivity index (χ3n) is 1.81. The van der Waals surface area contributed by atoms with Gasteiger partial charge >= 0.3 is 0 Å². The number of aromatic nitrogens is 2. The lowest BCUT2D eigenvalue weighted by molar-refractivity contribution is 0.354. The average Bonchev–Trinajstić information content (AvgIpc) is 2.29. The Labute approximate surface area is 82.1 Å². The highest BCUT2D eigenvalue weighted by molar-refractivity contribution is 9.10. The summed E-state index contributed by atoms with van der Waals surface area (Å²) in [5, 5.41) is 4.39. The first kappa shape index (κ1) is 9.78. The van der Waals surface area contributed by atoms with Crippen LogP contribution in [0.25, 0.3) is 0 Å². The van der Waals surface area contributed by atoms with Crippen molar-refractivity contribution in [3.8, 4) is 0 Å². The maximum absolute atomic E-state index is 4.39. The largest absolute Gasteiger partial charge is 0.266 e. The fourth-order valence-corrected chi connectivity index (χ4v) is 1.52. The number of aryl methyl sites for hydroxylation is 1. The molecule has 0 atom stereocenters. The lowest BCUT2D eigenvalue weighted by Crippen LogP contribution is -2.22. The molecule has 0 amide bonds. The predicted molar refractivity (Wildman–Crippen MR) is 54.3 cm³/mol. The topological polar surface area (TPSA) is 17.8 Å². The maximum atomic E-state index is 4.39. The molecule has 0 N–H and O–H groups in total. The Balaban J connectivity index is 3.05. The van der Waals surface area contributed by atoms with Crippen LogP contribution in [0.4, 0.5) is 0 Å². The van der Waals surface area contributed by atoms with Gasteiger partial charge in [0, 0.05) is 11.8 Å². The molecular weight excluding hydrogens is 216 g/mol. The molecule has 1 heterocycles. The monoisotopic (exact) mass is 230 g/mol. The van der Waals surface area contributed by atoms with E-state index >= 15 is 0 Å². The fourth-order valence-electron chi connectivity index (χ4n) is 0.969. The summed E-state index contributed by atoms with van der Waals surface area (Å²) in [7, 11) is 0. The van der Waals surface area contributed by atoms with Crippen molar-refractivity contribution in [2.24, 2.45) is 0 Å². The Morgan fingerprint density at radius 1 is 1.50 bits per heavy atom. The summed E-state index contributed by atoms with van der Waals surface area (Å²) in [5.41, 5.74) is 1.35. The van der Waals surface area contributed by atoms with Crippen molar-refractivity contribution >= 4 is 15.9 Å². The summed E-state index contributed by atoms with van der Waals surface area (Å²) in [6, 6.07) is 0. The second-order valence-corrected chi connectivity index (χ2v) is 4.67. The van der Waals surface area contributed by atoms with Crippen LogP contribution in [-0.2, 0) is 12.0 Å². The molecule has 0 fully saturated rings. The highest BCUT2D eigenvalue weighted by atomic mass is 79.9. The molecule has 0 saturated heterocycles. The zero-order valence-corrected chi connectivity index (χ0v) is 9.64. The molecule has 2 nitrogen and oxygen atoms in total. The number of hydrogen-bond donors (Lipinski definition) is 0. The standard InChI is InChI=1S/C9H15BrN2/c1-5-7-6-12(9(2,3)4)11-8(7)10/h6H,5H2,1-4H3. The quantitative estimate of drug-likeness (QED) is 0.726. The summed E-state index contributed by atoms with van der Waals surface area (Å²) in [4.78, 5) is 0. The van der Waals surface area contributed by atoms with Gasteiger partial charge in [0.05, 0.1) is 5.54 Å².